The first kappa shape index (κ1) is 22.9. The summed E-state index contributed by atoms with van der Waals surface area (Å²) in [5.74, 6) is -0.430. The average molecular weight is 348 g/mol. The normalized spacial score (nSPS) is 17.0. The molecule has 0 amide bonds. The van der Waals surface area contributed by atoms with Crippen LogP contribution in [0.5, 0.6) is 0 Å². The Kier molecular flexibility index (Phi) is 12.5. The van der Waals surface area contributed by atoms with Crippen molar-refractivity contribution in [2.45, 2.75) is 59.0 Å². The van der Waals surface area contributed by atoms with Crippen LogP contribution in [0, 0.1) is 0 Å². The summed E-state index contributed by atoms with van der Waals surface area (Å²) in [5, 5.41) is 9.15. The summed E-state index contributed by atoms with van der Waals surface area (Å²) in [7, 11) is 1.47. The van der Waals surface area contributed by atoms with Gasteiger partial charge in [0.15, 0.2) is 0 Å². The van der Waals surface area contributed by atoms with Gasteiger partial charge in [-0.15, -0.1) is 0 Å². The van der Waals surface area contributed by atoms with Crippen molar-refractivity contribution in [2.24, 2.45) is 0 Å². The molecule has 0 heterocycles. The van der Waals surface area contributed by atoms with E-state index in [9.17, 15) is 4.79 Å². The highest BCUT2D eigenvalue weighted by atomic mass is 16.6. The second kappa shape index (κ2) is 13.2. The number of hydrogen-bond donors (Lipinski definition) is 1. The number of aliphatic hydroxyl groups is 1. The molecule has 0 spiro atoms. The van der Waals surface area contributed by atoms with Crippen molar-refractivity contribution < 1.29 is 33.6 Å². The molecule has 7 heteroatoms. The van der Waals surface area contributed by atoms with E-state index < -0.39 is 12.1 Å². The van der Waals surface area contributed by atoms with Crippen molar-refractivity contribution in [1.82, 2.24) is 0 Å². The summed E-state index contributed by atoms with van der Waals surface area (Å²) in [6, 6.07) is 0. The van der Waals surface area contributed by atoms with E-state index in [1.807, 2.05) is 20.8 Å². The Morgan fingerprint density at radius 1 is 0.917 bits per heavy atom. The van der Waals surface area contributed by atoms with E-state index in [1.54, 1.807) is 13.8 Å². The topological polar surface area (TPSA) is 83.5 Å². The number of aliphatic hydroxyl groups excluding tert-OH is 1. The maximum absolute atomic E-state index is 11.6. The fraction of sp³-hybridized carbons (Fsp3) is 0.824. The van der Waals surface area contributed by atoms with Crippen LogP contribution in [0.2, 0.25) is 0 Å². The van der Waals surface area contributed by atoms with Crippen molar-refractivity contribution in [3.8, 4) is 0 Å². The second-order valence-electron chi connectivity index (χ2n) is 5.92. The second-order valence-corrected chi connectivity index (χ2v) is 5.92. The number of rotatable bonds is 13. The van der Waals surface area contributed by atoms with E-state index in [4.69, 9.17) is 28.8 Å². The summed E-state index contributed by atoms with van der Waals surface area (Å²) in [4.78, 5) is 11.6. The molecule has 0 aromatic carbocycles. The lowest BCUT2D eigenvalue weighted by molar-refractivity contribution is -0.144. The van der Waals surface area contributed by atoms with Crippen molar-refractivity contribution in [3.05, 3.63) is 11.8 Å². The van der Waals surface area contributed by atoms with Crippen LogP contribution in [0.25, 0.3) is 0 Å². The number of carbonyl (C=O) groups excluding carboxylic acids is 1. The minimum Gasteiger partial charge on any atom is -0.504 e. The van der Waals surface area contributed by atoms with Gasteiger partial charge in [0.05, 0.1) is 63.2 Å². The lowest BCUT2D eigenvalue weighted by Crippen LogP contribution is -2.28. The third-order valence-electron chi connectivity index (χ3n) is 2.92. The molecule has 0 radical (unpaired) electrons. The van der Waals surface area contributed by atoms with Crippen LogP contribution in [0.3, 0.4) is 0 Å². The first-order valence-corrected chi connectivity index (χ1v) is 8.15. The van der Waals surface area contributed by atoms with Crippen LogP contribution < -0.4 is 0 Å². The molecule has 0 bridgehead atoms. The molecule has 0 aliphatic rings. The third-order valence-corrected chi connectivity index (χ3v) is 2.92. The maximum atomic E-state index is 11.6. The summed E-state index contributed by atoms with van der Waals surface area (Å²) >= 11 is 0. The fourth-order valence-electron chi connectivity index (χ4n) is 1.58. The van der Waals surface area contributed by atoms with Gasteiger partial charge < -0.3 is 28.8 Å². The molecule has 4 atom stereocenters. The smallest absolute Gasteiger partial charge is 0.336 e. The Hall–Kier alpha value is -1.15. The molecule has 0 aliphatic heterocycles. The molecule has 4 unspecified atom stereocenters. The lowest BCUT2D eigenvalue weighted by Gasteiger charge is -2.20. The van der Waals surface area contributed by atoms with E-state index in [0.29, 0.717) is 18.8 Å². The highest BCUT2D eigenvalue weighted by Gasteiger charge is 2.13. The summed E-state index contributed by atoms with van der Waals surface area (Å²) in [6.07, 6.45) is 0.398. The van der Waals surface area contributed by atoms with Crippen molar-refractivity contribution in [1.29, 1.82) is 0 Å². The Morgan fingerprint density at radius 3 is 1.83 bits per heavy atom. The van der Waals surface area contributed by atoms with Gasteiger partial charge in [-0.3, -0.25) is 0 Å². The molecule has 7 nitrogen and oxygen atoms in total. The van der Waals surface area contributed by atoms with Crippen LogP contribution in [-0.4, -0.2) is 69.0 Å². The largest absolute Gasteiger partial charge is 0.504 e. The number of carbonyl (C=O) groups is 1. The molecule has 142 valence electrons. The minimum absolute atomic E-state index is 0.101. The van der Waals surface area contributed by atoms with E-state index in [2.05, 4.69) is 0 Å². The summed E-state index contributed by atoms with van der Waals surface area (Å²) in [5.41, 5.74) is 0.396. The molecule has 0 rings (SSSR count). The van der Waals surface area contributed by atoms with E-state index in [0.717, 1.165) is 0 Å². The molecule has 0 fully saturated rings. The van der Waals surface area contributed by atoms with Crippen molar-refractivity contribution >= 4 is 5.97 Å². The first-order chi connectivity index (χ1) is 11.3. The van der Waals surface area contributed by atoms with Gasteiger partial charge in [-0.2, -0.15) is 0 Å². The van der Waals surface area contributed by atoms with E-state index in [1.165, 1.54) is 13.4 Å². The molecule has 0 aromatic rings. The standard InChI is InChI=1S/C17H32O7/c1-12(7-20-6)17(19)24-11-16(5)23-10-15(4)22-9-14(3)21-8-13(2)18/h7,13-16,18H,8-11H2,1-6H3. The Bertz CT molecular complexity index is 368. The molecule has 0 aromatic heterocycles. The molecule has 24 heavy (non-hydrogen) atoms. The number of hydrogen-bond acceptors (Lipinski definition) is 7. The number of esters is 1. The zero-order valence-electron chi connectivity index (χ0n) is 15.6. The van der Waals surface area contributed by atoms with Crippen molar-refractivity contribution in [2.75, 3.05) is 33.5 Å². The third kappa shape index (κ3) is 12.3. The van der Waals surface area contributed by atoms with Gasteiger partial charge in [-0.05, 0) is 34.6 Å². The molecule has 1 N–H and O–H groups in total. The summed E-state index contributed by atoms with van der Waals surface area (Å²) in [6.45, 7) is 10.1. The van der Waals surface area contributed by atoms with Crippen LogP contribution in [-0.2, 0) is 28.5 Å². The van der Waals surface area contributed by atoms with Gasteiger partial charge in [-0.1, -0.05) is 0 Å². The fourth-order valence-corrected chi connectivity index (χ4v) is 1.58. The molecular formula is C17H32O7. The first-order valence-electron chi connectivity index (χ1n) is 8.15. The van der Waals surface area contributed by atoms with Gasteiger partial charge in [0, 0.05) is 0 Å². The molecular weight excluding hydrogens is 316 g/mol. The Morgan fingerprint density at radius 2 is 1.38 bits per heavy atom. The maximum Gasteiger partial charge on any atom is 0.336 e. The van der Waals surface area contributed by atoms with Gasteiger partial charge in [0.1, 0.15) is 6.61 Å². The predicted octanol–water partition coefficient (Wildman–Crippen LogP) is 1.68. The SMILES string of the molecule is COC=C(C)C(=O)OCC(C)OCC(C)OCC(C)OCC(C)O. The van der Waals surface area contributed by atoms with E-state index in [-0.39, 0.29) is 31.5 Å². The average Bonchev–Trinajstić information content (AvgIpc) is 2.53. The highest BCUT2D eigenvalue weighted by Crippen LogP contribution is 2.03. The highest BCUT2D eigenvalue weighted by molar-refractivity contribution is 5.87. The van der Waals surface area contributed by atoms with Crippen LogP contribution in [0.4, 0.5) is 0 Å². The zero-order chi connectivity index (χ0) is 18.5. The lowest BCUT2D eigenvalue weighted by atomic mass is 10.3. The Balaban J connectivity index is 3.83. The van der Waals surface area contributed by atoms with Crippen LogP contribution >= 0.6 is 0 Å². The minimum atomic E-state index is -0.487. The number of ether oxygens (including phenoxy) is 5. The van der Waals surface area contributed by atoms with Gasteiger partial charge >= 0.3 is 5.97 Å². The van der Waals surface area contributed by atoms with Crippen molar-refractivity contribution in [3.63, 3.8) is 0 Å². The molecule has 0 saturated heterocycles. The van der Waals surface area contributed by atoms with Gasteiger partial charge in [0.2, 0.25) is 0 Å². The quantitative estimate of drug-likeness (QED) is 0.308. The Labute approximate surface area is 144 Å². The van der Waals surface area contributed by atoms with Crippen LogP contribution in [0.15, 0.2) is 11.8 Å². The monoisotopic (exact) mass is 348 g/mol. The molecule has 0 saturated carbocycles. The van der Waals surface area contributed by atoms with Gasteiger partial charge in [0.25, 0.3) is 0 Å². The van der Waals surface area contributed by atoms with Crippen LogP contribution in [0.1, 0.15) is 34.6 Å². The number of methoxy groups -OCH3 is 1. The molecule has 0 aliphatic carbocycles. The zero-order valence-corrected chi connectivity index (χ0v) is 15.6. The predicted molar refractivity (Wildman–Crippen MR) is 89.6 cm³/mol. The van der Waals surface area contributed by atoms with Gasteiger partial charge in [-0.25, -0.2) is 4.79 Å². The van der Waals surface area contributed by atoms with E-state index >= 15 is 0 Å². The summed E-state index contributed by atoms with van der Waals surface area (Å²) < 4.78 is 26.5.